The van der Waals surface area contributed by atoms with Crippen LogP contribution in [0.3, 0.4) is 0 Å². The number of nitrogens with one attached hydrogen (secondary N) is 1. The zero-order valence-electron chi connectivity index (χ0n) is 12.5. The van der Waals surface area contributed by atoms with E-state index in [9.17, 15) is 0 Å². The van der Waals surface area contributed by atoms with Gasteiger partial charge in [0.1, 0.15) is 0 Å². The molecule has 0 saturated carbocycles. The smallest absolute Gasteiger partial charge is 0.0594 e. The van der Waals surface area contributed by atoms with Gasteiger partial charge < -0.3 is 10.1 Å². The lowest BCUT2D eigenvalue weighted by atomic mass is 9.89. The Labute approximate surface area is 117 Å². The van der Waals surface area contributed by atoms with Crippen molar-refractivity contribution in [2.45, 2.75) is 58.6 Å². The van der Waals surface area contributed by atoms with Crippen LogP contribution in [0.1, 0.15) is 56.3 Å². The van der Waals surface area contributed by atoms with Crippen LogP contribution in [0.2, 0.25) is 0 Å². The molecule has 0 fully saturated rings. The number of ether oxygens (including phenoxy) is 1. The first-order valence-corrected chi connectivity index (χ1v) is 7.63. The van der Waals surface area contributed by atoms with Gasteiger partial charge in [0.2, 0.25) is 0 Å². The maximum absolute atomic E-state index is 5.56. The van der Waals surface area contributed by atoms with Crippen molar-refractivity contribution in [1.29, 1.82) is 0 Å². The molecule has 0 radical (unpaired) electrons. The molecule has 106 valence electrons. The van der Waals surface area contributed by atoms with Crippen LogP contribution in [0.5, 0.6) is 0 Å². The lowest BCUT2D eigenvalue weighted by Crippen LogP contribution is -2.24. The summed E-state index contributed by atoms with van der Waals surface area (Å²) >= 11 is 0. The molecule has 0 aromatic heterocycles. The number of aryl methyl sites for hydroxylation is 2. The molecule has 2 rings (SSSR count). The van der Waals surface area contributed by atoms with Crippen LogP contribution in [0, 0.1) is 0 Å². The van der Waals surface area contributed by atoms with Crippen molar-refractivity contribution >= 4 is 0 Å². The number of fused-ring (bicyclic) bond motifs is 1. The molecule has 1 aromatic carbocycles. The number of rotatable bonds is 6. The van der Waals surface area contributed by atoms with Gasteiger partial charge in [0.05, 0.1) is 12.7 Å². The summed E-state index contributed by atoms with van der Waals surface area (Å²) in [5.41, 5.74) is 4.53. The molecule has 1 aliphatic rings. The number of hydrogen-bond donors (Lipinski definition) is 1. The highest BCUT2D eigenvalue weighted by Gasteiger charge is 2.12. The molecule has 2 heteroatoms. The summed E-state index contributed by atoms with van der Waals surface area (Å²) in [5, 5.41) is 3.54. The second-order valence-corrected chi connectivity index (χ2v) is 5.83. The Morgan fingerprint density at radius 1 is 1.11 bits per heavy atom. The second kappa shape index (κ2) is 7.06. The van der Waals surface area contributed by atoms with E-state index in [1.54, 1.807) is 11.1 Å². The second-order valence-electron chi connectivity index (χ2n) is 5.83. The minimum Gasteiger partial charge on any atom is -0.377 e. The Morgan fingerprint density at radius 2 is 1.84 bits per heavy atom. The van der Waals surface area contributed by atoms with Gasteiger partial charge in [-0.25, -0.2) is 0 Å². The fourth-order valence-corrected chi connectivity index (χ4v) is 2.71. The Balaban J connectivity index is 1.86. The highest BCUT2D eigenvalue weighted by molar-refractivity contribution is 5.35. The van der Waals surface area contributed by atoms with E-state index in [1.807, 2.05) is 0 Å². The Morgan fingerprint density at radius 3 is 2.58 bits per heavy atom. The summed E-state index contributed by atoms with van der Waals surface area (Å²) in [6.07, 6.45) is 5.54. The minimum atomic E-state index is 0.320. The van der Waals surface area contributed by atoms with Crippen LogP contribution in [0.15, 0.2) is 18.2 Å². The normalized spacial score (nSPS) is 16.4. The molecule has 1 atom stereocenters. The van der Waals surface area contributed by atoms with Crippen LogP contribution in [0.4, 0.5) is 0 Å². The molecule has 0 bridgehead atoms. The van der Waals surface area contributed by atoms with Crippen molar-refractivity contribution in [3.8, 4) is 0 Å². The number of hydrogen-bond acceptors (Lipinski definition) is 2. The van der Waals surface area contributed by atoms with Crippen LogP contribution in [0.25, 0.3) is 0 Å². The fourth-order valence-electron chi connectivity index (χ4n) is 2.71. The largest absolute Gasteiger partial charge is 0.377 e. The lowest BCUT2D eigenvalue weighted by molar-refractivity contribution is 0.0796. The zero-order chi connectivity index (χ0) is 13.7. The molecule has 19 heavy (non-hydrogen) atoms. The summed E-state index contributed by atoms with van der Waals surface area (Å²) in [7, 11) is 0. The van der Waals surface area contributed by atoms with Crippen LogP contribution in [-0.2, 0) is 17.6 Å². The summed E-state index contributed by atoms with van der Waals surface area (Å²) in [6, 6.07) is 7.41. The van der Waals surface area contributed by atoms with Crippen LogP contribution >= 0.6 is 0 Å². The van der Waals surface area contributed by atoms with Crippen molar-refractivity contribution in [2.24, 2.45) is 0 Å². The Kier molecular flexibility index (Phi) is 5.41. The van der Waals surface area contributed by atoms with Crippen molar-refractivity contribution in [3.05, 3.63) is 34.9 Å². The van der Waals surface area contributed by atoms with E-state index < -0.39 is 0 Å². The van der Waals surface area contributed by atoms with E-state index in [0.717, 1.165) is 13.2 Å². The number of benzene rings is 1. The zero-order valence-corrected chi connectivity index (χ0v) is 12.5. The first-order chi connectivity index (χ1) is 9.16. The molecule has 0 saturated heterocycles. The predicted octanol–water partition coefficient (Wildman–Crippen LogP) is 3.64. The quantitative estimate of drug-likeness (QED) is 0.789. The highest BCUT2D eigenvalue weighted by atomic mass is 16.5. The van der Waals surface area contributed by atoms with Crippen molar-refractivity contribution in [3.63, 3.8) is 0 Å². The van der Waals surface area contributed by atoms with Gasteiger partial charge in [-0.3, -0.25) is 0 Å². The highest BCUT2D eigenvalue weighted by Crippen LogP contribution is 2.24. The standard InChI is InChI=1S/C17H27NO/c1-13(2)19-11-10-18-14(3)16-9-8-15-6-4-5-7-17(15)12-16/h8-9,12-14,18H,4-7,10-11H2,1-3H3. The first kappa shape index (κ1) is 14.5. The predicted molar refractivity (Wildman–Crippen MR) is 80.6 cm³/mol. The van der Waals surface area contributed by atoms with Crippen molar-refractivity contribution in [2.75, 3.05) is 13.2 Å². The van der Waals surface area contributed by atoms with E-state index in [1.165, 1.54) is 31.2 Å². The topological polar surface area (TPSA) is 21.3 Å². The maximum Gasteiger partial charge on any atom is 0.0594 e. The van der Waals surface area contributed by atoms with E-state index in [-0.39, 0.29) is 0 Å². The van der Waals surface area contributed by atoms with Gasteiger partial charge in [0.25, 0.3) is 0 Å². The van der Waals surface area contributed by atoms with Gasteiger partial charge >= 0.3 is 0 Å². The van der Waals surface area contributed by atoms with Gasteiger partial charge in [0.15, 0.2) is 0 Å². The Hall–Kier alpha value is -0.860. The van der Waals surface area contributed by atoms with E-state index in [2.05, 4.69) is 44.3 Å². The molecule has 0 spiro atoms. The molecule has 1 aliphatic carbocycles. The first-order valence-electron chi connectivity index (χ1n) is 7.63. The van der Waals surface area contributed by atoms with Crippen molar-refractivity contribution < 1.29 is 4.74 Å². The van der Waals surface area contributed by atoms with Crippen molar-refractivity contribution in [1.82, 2.24) is 5.32 Å². The lowest BCUT2D eigenvalue weighted by Gasteiger charge is -2.20. The molecule has 1 N–H and O–H groups in total. The minimum absolute atomic E-state index is 0.320. The molecule has 0 amide bonds. The molecule has 0 heterocycles. The SMILES string of the molecule is CC(C)OCCNC(C)c1ccc2c(c1)CCCC2. The van der Waals surface area contributed by atoms with Crippen LogP contribution < -0.4 is 5.32 Å². The van der Waals surface area contributed by atoms with Gasteiger partial charge in [-0.1, -0.05) is 18.2 Å². The average molecular weight is 261 g/mol. The third-order valence-electron chi connectivity index (χ3n) is 3.88. The molecule has 0 aliphatic heterocycles. The van der Waals surface area contributed by atoms with Gasteiger partial charge in [-0.05, 0) is 63.1 Å². The summed E-state index contributed by atoms with van der Waals surface area (Å²) in [6.45, 7) is 8.09. The maximum atomic E-state index is 5.56. The summed E-state index contributed by atoms with van der Waals surface area (Å²) in [4.78, 5) is 0. The average Bonchev–Trinajstić information content (AvgIpc) is 2.42. The molecule has 1 unspecified atom stereocenters. The molecule has 1 aromatic rings. The molecular weight excluding hydrogens is 234 g/mol. The molecular formula is C17H27NO. The van der Waals surface area contributed by atoms with Crippen LogP contribution in [-0.4, -0.2) is 19.3 Å². The van der Waals surface area contributed by atoms with Gasteiger partial charge in [0, 0.05) is 12.6 Å². The fraction of sp³-hybridized carbons (Fsp3) is 0.647. The Bertz CT molecular complexity index is 400. The summed E-state index contributed by atoms with van der Waals surface area (Å²) < 4.78 is 5.56. The monoisotopic (exact) mass is 261 g/mol. The van der Waals surface area contributed by atoms with Gasteiger partial charge in [-0.15, -0.1) is 0 Å². The summed E-state index contributed by atoms with van der Waals surface area (Å²) in [5.74, 6) is 0. The molecule has 2 nitrogen and oxygen atoms in total. The van der Waals surface area contributed by atoms with E-state index in [4.69, 9.17) is 4.74 Å². The van der Waals surface area contributed by atoms with E-state index in [0.29, 0.717) is 12.1 Å². The van der Waals surface area contributed by atoms with Gasteiger partial charge in [-0.2, -0.15) is 0 Å². The third kappa shape index (κ3) is 4.32. The third-order valence-corrected chi connectivity index (χ3v) is 3.88. The van der Waals surface area contributed by atoms with E-state index >= 15 is 0 Å².